The number of halogens is 2. The number of hydrogen-bond donors (Lipinski definition) is 3. The van der Waals surface area contributed by atoms with Gasteiger partial charge in [0, 0.05) is 25.6 Å². The number of aliphatic hydroxyl groups excluding tert-OH is 1. The highest BCUT2D eigenvalue weighted by Gasteiger charge is 2.25. The van der Waals surface area contributed by atoms with E-state index >= 15 is 0 Å². The molecule has 2 atom stereocenters. The number of carbonyl (C=O) groups is 1. The average molecular weight is 289 g/mol. The average Bonchev–Trinajstić information content (AvgIpc) is 2.72. The molecule has 4 nitrogen and oxygen atoms in total. The van der Waals surface area contributed by atoms with Gasteiger partial charge in [-0.25, -0.2) is 4.39 Å². The van der Waals surface area contributed by atoms with Crippen molar-refractivity contribution in [2.75, 3.05) is 19.6 Å². The van der Waals surface area contributed by atoms with Crippen LogP contribution in [0.15, 0.2) is 18.2 Å². The van der Waals surface area contributed by atoms with E-state index in [1.165, 1.54) is 12.1 Å². The minimum atomic E-state index is -0.516. The molecule has 3 N–H and O–H groups in total. The number of benzene rings is 1. The first kappa shape index (κ1) is 15.9. The lowest BCUT2D eigenvalue weighted by Crippen LogP contribution is -2.34. The van der Waals surface area contributed by atoms with Gasteiger partial charge in [0.2, 0.25) is 0 Å². The van der Waals surface area contributed by atoms with Crippen LogP contribution in [0.3, 0.4) is 0 Å². The van der Waals surface area contributed by atoms with Gasteiger partial charge in [-0.3, -0.25) is 4.79 Å². The highest BCUT2D eigenvalue weighted by molar-refractivity contribution is 5.94. The molecule has 0 radical (unpaired) electrons. The Morgan fingerprint density at radius 2 is 2.26 bits per heavy atom. The topological polar surface area (TPSA) is 61.4 Å². The normalized spacial score (nSPS) is 21.8. The van der Waals surface area contributed by atoms with Gasteiger partial charge in [0.1, 0.15) is 5.82 Å². The number of β-amino-alcohol motifs (C(OH)–C–C–N with tert-alkyl or cyclic N) is 1. The lowest BCUT2D eigenvalue weighted by Gasteiger charge is -2.14. The van der Waals surface area contributed by atoms with E-state index in [0.717, 1.165) is 5.56 Å². The van der Waals surface area contributed by atoms with Crippen molar-refractivity contribution in [3.8, 4) is 0 Å². The number of amides is 1. The summed E-state index contributed by atoms with van der Waals surface area (Å²) in [5.74, 6) is -0.966. The second-order valence-corrected chi connectivity index (χ2v) is 4.68. The first-order chi connectivity index (χ1) is 8.58. The van der Waals surface area contributed by atoms with Crippen molar-refractivity contribution < 1.29 is 14.3 Å². The predicted octanol–water partition coefficient (Wildman–Crippen LogP) is 0.866. The molecule has 1 amide bonds. The summed E-state index contributed by atoms with van der Waals surface area (Å²) in [5, 5.41) is 15.3. The maximum atomic E-state index is 13.6. The largest absolute Gasteiger partial charge is 0.391 e. The summed E-state index contributed by atoms with van der Waals surface area (Å²) in [7, 11) is 0. The zero-order valence-corrected chi connectivity index (χ0v) is 11.5. The van der Waals surface area contributed by atoms with Gasteiger partial charge in [-0.15, -0.1) is 12.4 Å². The summed E-state index contributed by atoms with van der Waals surface area (Å²) >= 11 is 0. The van der Waals surface area contributed by atoms with Crippen LogP contribution in [0.4, 0.5) is 4.39 Å². The molecule has 2 rings (SSSR count). The number of nitrogens with one attached hydrogen (secondary N) is 2. The maximum absolute atomic E-state index is 13.6. The molecule has 1 saturated heterocycles. The van der Waals surface area contributed by atoms with Crippen LogP contribution in [-0.4, -0.2) is 36.8 Å². The third kappa shape index (κ3) is 3.89. The van der Waals surface area contributed by atoms with Gasteiger partial charge >= 0.3 is 0 Å². The van der Waals surface area contributed by atoms with Crippen LogP contribution in [0.25, 0.3) is 0 Å². The molecular weight excluding hydrogens is 271 g/mol. The summed E-state index contributed by atoms with van der Waals surface area (Å²) in [4.78, 5) is 11.8. The van der Waals surface area contributed by atoms with E-state index in [2.05, 4.69) is 10.6 Å². The van der Waals surface area contributed by atoms with Crippen LogP contribution in [0.5, 0.6) is 0 Å². The Hall–Kier alpha value is -1.17. The zero-order valence-electron chi connectivity index (χ0n) is 10.6. The predicted molar refractivity (Wildman–Crippen MR) is 73.1 cm³/mol. The summed E-state index contributed by atoms with van der Waals surface area (Å²) in [6.07, 6.45) is -0.451. The molecule has 1 aromatic rings. The lowest BCUT2D eigenvalue weighted by molar-refractivity contribution is 0.0923. The molecule has 1 heterocycles. The van der Waals surface area contributed by atoms with E-state index in [9.17, 15) is 14.3 Å². The van der Waals surface area contributed by atoms with E-state index in [-0.39, 0.29) is 23.9 Å². The van der Waals surface area contributed by atoms with Gasteiger partial charge in [-0.2, -0.15) is 0 Å². The molecule has 0 saturated carbocycles. The standard InChI is InChI=1S/C13H17FN2O2.ClH/c1-8-2-3-10(11(14)4-8)13(18)16-6-9-5-15-7-12(9)17;/h2-4,9,12,15,17H,5-7H2,1H3,(H,16,18);1H. The fraction of sp³-hybridized carbons (Fsp3) is 0.462. The van der Waals surface area contributed by atoms with Gasteiger partial charge in [-0.1, -0.05) is 6.07 Å². The maximum Gasteiger partial charge on any atom is 0.254 e. The van der Waals surface area contributed by atoms with Crippen LogP contribution < -0.4 is 10.6 Å². The quantitative estimate of drug-likeness (QED) is 0.773. The fourth-order valence-electron chi connectivity index (χ4n) is 2.05. The Morgan fingerprint density at radius 1 is 1.53 bits per heavy atom. The van der Waals surface area contributed by atoms with Crippen molar-refractivity contribution >= 4 is 18.3 Å². The third-order valence-electron chi connectivity index (χ3n) is 3.20. The molecule has 0 aromatic heterocycles. The summed E-state index contributed by atoms with van der Waals surface area (Å²) in [5.41, 5.74) is 0.820. The number of aryl methyl sites for hydroxylation is 1. The second-order valence-electron chi connectivity index (χ2n) is 4.68. The number of hydrogen-bond acceptors (Lipinski definition) is 3. The highest BCUT2D eigenvalue weighted by atomic mass is 35.5. The van der Waals surface area contributed by atoms with E-state index < -0.39 is 17.8 Å². The van der Waals surface area contributed by atoms with Crippen molar-refractivity contribution in [3.05, 3.63) is 35.1 Å². The molecule has 19 heavy (non-hydrogen) atoms. The lowest BCUT2D eigenvalue weighted by atomic mass is 10.1. The van der Waals surface area contributed by atoms with E-state index in [0.29, 0.717) is 19.6 Å². The first-order valence-electron chi connectivity index (χ1n) is 6.01. The van der Waals surface area contributed by atoms with Gasteiger partial charge in [-0.05, 0) is 24.6 Å². The van der Waals surface area contributed by atoms with Crippen molar-refractivity contribution in [2.45, 2.75) is 13.0 Å². The van der Waals surface area contributed by atoms with E-state index in [4.69, 9.17) is 0 Å². The molecule has 2 unspecified atom stereocenters. The smallest absolute Gasteiger partial charge is 0.254 e. The molecule has 1 aliphatic rings. The molecule has 1 aromatic carbocycles. The van der Waals surface area contributed by atoms with Crippen molar-refractivity contribution in [1.29, 1.82) is 0 Å². The fourth-order valence-corrected chi connectivity index (χ4v) is 2.05. The van der Waals surface area contributed by atoms with E-state index in [1.54, 1.807) is 13.0 Å². The molecule has 1 aliphatic heterocycles. The van der Waals surface area contributed by atoms with Gasteiger partial charge < -0.3 is 15.7 Å². The minimum Gasteiger partial charge on any atom is -0.391 e. The summed E-state index contributed by atoms with van der Waals surface area (Å²) < 4.78 is 13.6. The molecule has 106 valence electrons. The van der Waals surface area contributed by atoms with Crippen molar-refractivity contribution in [1.82, 2.24) is 10.6 Å². The Labute approximate surface area is 117 Å². The molecule has 0 spiro atoms. The molecule has 0 aliphatic carbocycles. The minimum absolute atomic E-state index is 0. The van der Waals surface area contributed by atoms with Crippen LogP contribution in [0, 0.1) is 18.7 Å². The molecule has 1 fully saturated rings. The highest BCUT2D eigenvalue weighted by Crippen LogP contribution is 2.11. The Bertz CT molecular complexity index is 456. The number of rotatable bonds is 3. The van der Waals surface area contributed by atoms with E-state index in [1.807, 2.05) is 0 Å². The summed E-state index contributed by atoms with van der Waals surface area (Å²) in [6, 6.07) is 4.51. The SMILES string of the molecule is Cc1ccc(C(=O)NCC2CNCC2O)c(F)c1.Cl. The Kier molecular flexibility index (Phi) is 5.72. The van der Waals surface area contributed by atoms with Crippen LogP contribution in [-0.2, 0) is 0 Å². The third-order valence-corrected chi connectivity index (χ3v) is 3.20. The van der Waals surface area contributed by atoms with Crippen molar-refractivity contribution in [3.63, 3.8) is 0 Å². The molecular formula is C13H18ClFN2O2. The molecule has 6 heteroatoms. The van der Waals surface area contributed by atoms with Crippen molar-refractivity contribution in [2.24, 2.45) is 5.92 Å². The van der Waals surface area contributed by atoms with Crippen LogP contribution in [0.1, 0.15) is 15.9 Å². The van der Waals surface area contributed by atoms with Crippen LogP contribution >= 0.6 is 12.4 Å². The second kappa shape index (κ2) is 6.84. The Balaban J connectivity index is 0.00000180. The van der Waals surface area contributed by atoms with Gasteiger partial charge in [0.25, 0.3) is 5.91 Å². The Morgan fingerprint density at radius 3 is 2.84 bits per heavy atom. The summed E-state index contributed by atoms with van der Waals surface area (Å²) in [6.45, 7) is 3.32. The molecule has 0 bridgehead atoms. The van der Waals surface area contributed by atoms with Crippen LogP contribution in [0.2, 0.25) is 0 Å². The zero-order chi connectivity index (χ0) is 13.1. The van der Waals surface area contributed by atoms with Gasteiger partial charge in [0.15, 0.2) is 0 Å². The van der Waals surface area contributed by atoms with Gasteiger partial charge in [0.05, 0.1) is 11.7 Å². The monoisotopic (exact) mass is 288 g/mol. The first-order valence-corrected chi connectivity index (χ1v) is 6.01. The number of carbonyl (C=O) groups excluding carboxylic acids is 1. The number of aliphatic hydroxyl groups is 1.